The minimum absolute atomic E-state index is 0.0808. The largest absolute Gasteiger partial charge is 0.287 e. The molecule has 0 radical (unpaired) electrons. The number of rotatable bonds is 23. The highest BCUT2D eigenvalue weighted by molar-refractivity contribution is 5.14. The van der Waals surface area contributed by atoms with Gasteiger partial charge in [-0.1, -0.05) is 75.2 Å². The third kappa shape index (κ3) is 10.9. The van der Waals surface area contributed by atoms with E-state index in [0.29, 0.717) is 24.2 Å². The molecule has 0 aromatic heterocycles. The van der Waals surface area contributed by atoms with Gasteiger partial charge in [0.25, 0.3) is 0 Å². The summed E-state index contributed by atoms with van der Waals surface area (Å²) in [5, 5.41) is 5.96. The van der Waals surface area contributed by atoms with E-state index in [9.17, 15) is 0 Å². The van der Waals surface area contributed by atoms with E-state index in [2.05, 4.69) is 161 Å². The third-order valence-electron chi connectivity index (χ3n) is 11.1. The molecule has 6 heteroatoms. The van der Waals surface area contributed by atoms with Crippen molar-refractivity contribution >= 4 is 0 Å². The maximum Gasteiger partial charge on any atom is 0.152 e. The highest BCUT2D eigenvalue weighted by Gasteiger charge is 2.68. The van der Waals surface area contributed by atoms with E-state index in [1.165, 1.54) is 64.2 Å². The van der Waals surface area contributed by atoms with Crippen LogP contribution in [0.5, 0.6) is 0 Å². The Kier molecular flexibility index (Phi) is 16.9. The molecule has 0 N–H and O–H groups in total. The van der Waals surface area contributed by atoms with Gasteiger partial charge in [0.2, 0.25) is 0 Å². The normalized spacial score (nSPS) is 19.0. The number of hydrogen-bond acceptors (Lipinski definition) is 6. The van der Waals surface area contributed by atoms with E-state index in [0.717, 1.165) is 32.7 Å². The van der Waals surface area contributed by atoms with Gasteiger partial charge in [-0.05, 0) is 139 Å². The Morgan fingerprint density at radius 3 is 1.24 bits per heavy atom. The Balaban J connectivity index is 3.41. The van der Waals surface area contributed by atoms with Gasteiger partial charge in [-0.25, -0.2) is 10.0 Å². The predicted octanol–water partition coefficient (Wildman–Crippen LogP) is 10.9. The fourth-order valence-corrected chi connectivity index (χ4v) is 9.95. The van der Waals surface area contributed by atoms with Crippen molar-refractivity contribution in [2.75, 3.05) is 32.7 Å². The molecule has 2 rings (SSSR count). The number of hydrogen-bond donors (Lipinski definition) is 0. The monoisotopic (exact) mass is 705 g/mol. The van der Waals surface area contributed by atoms with Crippen molar-refractivity contribution in [2.45, 2.75) is 243 Å². The van der Waals surface area contributed by atoms with Crippen LogP contribution in [0.3, 0.4) is 0 Å². The van der Waals surface area contributed by atoms with Crippen molar-refractivity contribution in [1.82, 2.24) is 29.6 Å². The standard InChI is InChI=1S/C44H92N6/c1-20-24-32-46(33-25-21-2)44(49(37-26-27-37)38-28-29-38,47(34-40(9,10)11)50(41(12,13)14)42(15,16)17)43(18,19)39(45(30-22-3)31-23-4)48(35(5)6)36(7)8/h35-39H,20-34H2,1-19H3. The summed E-state index contributed by atoms with van der Waals surface area (Å²) in [6.07, 6.45) is 12.8. The zero-order chi connectivity index (χ0) is 38.5. The molecule has 298 valence electrons. The predicted molar refractivity (Wildman–Crippen MR) is 221 cm³/mol. The summed E-state index contributed by atoms with van der Waals surface area (Å²) in [5.74, 6) is -0.347. The molecule has 0 saturated heterocycles. The van der Waals surface area contributed by atoms with Gasteiger partial charge in [0.05, 0.1) is 6.17 Å². The molecule has 2 saturated carbocycles. The van der Waals surface area contributed by atoms with Crippen molar-refractivity contribution in [3.63, 3.8) is 0 Å². The van der Waals surface area contributed by atoms with Crippen LogP contribution in [0.15, 0.2) is 0 Å². The van der Waals surface area contributed by atoms with Gasteiger partial charge in [-0.2, -0.15) is 0 Å². The lowest BCUT2D eigenvalue weighted by Crippen LogP contribution is -2.86. The minimum atomic E-state index is -0.347. The van der Waals surface area contributed by atoms with Gasteiger partial charge in [-0.15, -0.1) is 0 Å². The lowest BCUT2D eigenvalue weighted by atomic mass is 9.74. The summed E-state index contributed by atoms with van der Waals surface area (Å²) < 4.78 is 0. The fraction of sp³-hybridized carbons (Fsp3) is 1.00. The van der Waals surface area contributed by atoms with Crippen molar-refractivity contribution in [2.24, 2.45) is 10.8 Å². The van der Waals surface area contributed by atoms with Gasteiger partial charge in [0.15, 0.2) is 5.79 Å². The van der Waals surface area contributed by atoms with E-state index >= 15 is 0 Å². The van der Waals surface area contributed by atoms with Crippen molar-refractivity contribution in [3.05, 3.63) is 0 Å². The first-order valence-electron chi connectivity index (χ1n) is 21.6. The second kappa shape index (κ2) is 18.4. The third-order valence-corrected chi connectivity index (χ3v) is 11.1. The molecule has 2 aliphatic carbocycles. The zero-order valence-corrected chi connectivity index (χ0v) is 37.7. The summed E-state index contributed by atoms with van der Waals surface area (Å²) in [5.41, 5.74) is -0.252. The van der Waals surface area contributed by atoms with Crippen LogP contribution in [0, 0.1) is 10.8 Å². The van der Waals surface area contributed by atoms with Gasteiger partial charge < -0.3 is 0 Å². The first kappa shape index (κ1) is 45.9. The van der Waals surface area contributed by atoms with Gasteiger partial charge in [0.1, 0.15) is 0 Å². The Morgan fingerprint density at radius 1 is 0.560 bits per heavy atom. The molecule has 0 amide bonds. The molecule has 0 aromatic rings. The molecular formula is C44H92N6. The lowest BCUT2D eigenvalue weighted by Gasteiger charge is -2.71. The Bertz CT molecular complexity index is 914. The van der Waals surface area contributed by atoms with E-state index in [-0.39, 0.29) is 33.9 Å². The number of unbranched alkanes of at least 4 members (excludes halogenated alkanes) is 2. The van der Waals surface area contributed by atoms with Crippen LogP contribution >= 0.6 is 0 Å². The summed E-state index contributed by atoms with van der Waals surface area (Å²) in [6, 6.07) is 2.13. The van der Waals surface area contributed by atoms with Crippen LogP contribution in [0.1, 0.15) is 196 Å². The highest BCUT2D eigenvalue weighted by atomic mass is 15.8. The van der Waals surface area contributed by atoms with Crippen molar-refractivity contribution in [3.8, 4) is 0 Å². The van der Waals surface area contributed by atoms with Crippen LogP contribution in [-0.4, -0.2) is 110 Å². The Morgan fingerprint density at radius 2 is 0.960 bits per heavy atom. The maximum absolute atomic E-state index is 3.20. The second-order valence-electron chi connectivity index (χ2n) is 20.7. The average molecular weight is 705 g/mol. The number of nitrogens with zero attached hydrogens (tertiary/aromatic N) is 6. The summed E-state index contributed by atoms with van der Waals surface area (Å²) in [6.45, 7) is 52.9. The molecule has 6 nitrogen and oxygen atoms in total. The van der Waals surface area contributed by atoms with Gasteiger partial charge in [0, 0.05) is 60.3 Å². The topological polar surface area (TPSA) is 19.4 Å². The summed E-state index contributed by atoms with van der Waals surface area (Å²) in [7, 11) is 0. The van der Waals surface area contributed by atoms with Crippen LogP contribution in [0.25, 0.3) is 0 Å². The van der Waals surface area contributed by atoms with E-state index in [4.69, 9.17) is 0 Å². The van der Waals surface area contributed by atoms with Crippen molar-refractivity contribution < 1.29 is 0 Å². The molecule has 0 aromatic carbocycles. The maximum atomic E-state index is 3.20. The minimum Gasteiger partial charge on any atom is -0.287 e. The SMILES string of the molecule is CCCCN(CCCC)C(N(C1CC1)C1CC1)(N(CC(C)(C)C)N(C(C)(C)C)C(C)(C)C)C(C)(C)C(N(CCC)CCC)N(C(C)C)C(C)C. The smallest absolute Gasteiger partial charge is 0.152 e. The Labute approximate surface area is 315 Å². The second-order valence-corrected chi connectivity index (χ2v) is 20.7. The van der Waals surface area contributed by atoms with Gasteiger partial charge >= 0.3 is 0 Å². The molecule has 0 bridgehead atoms. The van der Waals surface area contributed by atoms with E-state index < -0.39 is 0 Å². The molecular weight excluding hydrogens is 613 g/mol. The van der Waals surface area contributed by atoms with E-state index in [1.54, 1.807) is 0 Å². The fourth-order valence-electron chi connectivity index (χ4n) is 9.95. The van der Waals surface area contributed by atoms with E-state index in [1.807, 2.05) is 0 Å². The highest BCUT2D eigenvalue weighted by Crippen LogP contribution is 2.57. The first-order valence-corrected chi connectivity index (χ1v) is 21.6. The van der Waals surface area contributed by atoms with Crippen LogP contribution < -0.4 is 0 Å². The molecule has 2 aliphatic rings. The zero-order valence-electron chi connectivity index (χ0n) is 37.7. The summed E-state index contributed by atoms with van der Waals surface area (Å²) in [4.78, 5) is 12.2. The van der Waals surface area contributed by atoms with Crippen LogP contribution in [0.4, 0.5) is 0 Å². The molecule has 0 heterocycles. The lowest BCUT2D eigenvalue weighted by molar-refractivity contribution is -0.355. The molecule has 0 aliphatic heterocycles. The first-order chi connectivity index (χ1) is 23.0. The molecule has 2 fully saturated rings. The van der Waals surface area contributed by atoms with Gasteiger partial charge in [-0.3, -0.25) is 19.6 Å². The Hall–Kier alpha value is -0.240. The van der Waals surface area contributed by atoms with Crippen LogP contribution in [-0.2, 0) is 0 Å². The average Bonchev–Trinajstić information content (AvgIpc) is 3.87. The number of hydrazine groups is 1. The summed E-state index contributed by atoms with van der Waals surface area (Å²) >= 11 is 0. The molecule has 50 heavy (non-hydrogen) atoms. The van der Waals surface area contributed by atoms with Crippen molar-refractivity contribution in [1.29, 1.82) is 0 Å². The molecule has 2 unspecified atom stereocenters. The van der Waals surface area contributed by atoms with Crippen LogP contribution in [0.2, 0.25) is 0 Å². The molecule has 0 spiro atoms. The quantitative estimate of drug-likeness (QED) is 0.0773. The molecule has 2 atom stereocenters.